The number of hydrogen-bond donors (Lipinski definition) is 0. The van der Waals surface area contributed by atoms with Crippen molar-refractivity contribution in [2.45, 2.75) is 6.92 Å². The summed E-state index contributed by atoms with van der Waals surface area (Å²) in [5.41, 5.74) is 0. The summed E-state index contributed by atoms with van der Waals surface area (Å²) in [6.07, 6.45) is 0. The smallest absolute Gasteiger partial charge is 0.0775 e. The maximum atomic E-state index is 3.06. The molecule has 0 saturated heterocycles. The minimum atomic E-state index is 1.14. The highest BCUT2D eigenvalue weighted by Gasteiger charge is 2.00. The first kappa shape index (κ1) is 8.55. The molecule has 0 aromatic carbocycles. The average Bonchev–Trinajstić information content (AvgIpc) is 2.70. The van der Waals surface area contributed by atoms with Crippen molar-refractivity contribution in [3.63, 3.8) is 0 Å². The Balaban J connectivity index is 2.37. The first-order valence-electron chi connectivity index (χ1n) is 3.96. The van der Waals surface area contributed by atoms with Gasteiger partial charge in [-0.25, -0.2) is 0 Å². The van der Waals surface area contributed by atoms with Gasteiger partial charge in [0.1, 0.15) is 0 Å². The molecule has 0 bridgehead atoms. The van der Waals surface area contributed by atoms with E-state index in [0.29, 0.717) is 0 Å². The zero-order chi connectivity index (χ0) is 9.10. The monoisotopic (exact) mass is 204 g/mol. The lowest BCUT2D eigenvalue weighted by Crippen LogP contribution is -1.56. The predicted octanol–water partition coefficient (Wildman–Crippen LogP) is 3.85. The lowest BCUT2D eigenvalue weighted by atomic mass is 10.4. The molecule has 0 saturated carbocycles. The number of hydrogen-bond acceptors (Lipinski definition) is 2. The summed E-state index contributed by atoms with van der Waals surface area (Å²) in [5.74, 6) is 5.97. The van der Waals surface area contributed by atoms with Crippen molar-refractivity contribution in [3.8, 4) is 21.6 Å². The van der Waals surface area contributed by atoms with Gasteiger partial charge in [-0.1, -0.05) is 12.0 Å². The second kappa shape index (κ2) is 3.78. The molecule has 2 aromatic heterocycles. The minimum Gasteiger partial charge on any atom is -0.143 e. The zero-order valence-corrected chi connectivity index (χ0v) is 8.84. The molecule has 13 heavy (non-hydrogen) atoms. The molecule has 2 rings (SSSR count). The van der Waals surface area contributed by atoms with Gasteiger partial charge in [-0.15, -0.1) is 28.6 Å². The molecular formula is C11H8S2. The minimum absolute atomic E-state index is 1.14. The molecule has 0 spiro atoms. The molecule has 0 nitrogen and oxygen atoms in total. The molecule has 0 aliphatic heterocycles. The van der Waals surface area contributed by atoms with E-state index in [0.717, 1.165) is 4.88 Å². The summed E-state index contributed by atoms with van der Waals surface area (Å²) < 4.78 is 0. The van der Waals surface area contributed by atoms with Gasteiger partial charge in [0.15, 0.2) is 0 Å². The summed E-state index contributed by atoms with van der Waals surface area (Å²) in [4.78, 5) is 3.79. The lowest BCUT2D eigenvalue weighted by Gasteiger charge is -1.86. The quantitative estimate of drug-likeness (QED) is 0.619. The molecule has 0 N–H and O–H groups in total. The van der Waals surface area contributed by atoms with Gasteiger partial charge in [-0.2, -0.15) is 0 Å². The normalized spacial score (nSPS) is 9.31. The van der Waals surface area contributed by atoms with Crippen LogP contribution in [0.1, 0.15) is 11.8 Å². The maximum Gasteiger partial charge on any atom is 0.0775 e. The Hall–Kier alpha value is -1.04. The van der Waals surface area contributed by atoms with Gasteiger partial charge >= 0.3 is 0 Å². The van der Waals surface area contributed by atoms with Gasteiger partial charge in [-0.05, 0) is 30.5 Å². The van der Waals surface area contributed by atoms with Crippen molar-refractivity contribution in [1.29, 1.82) is 0 Å². The van der Waals surface area contributed by atoms with E-state index in [-0.39, 0.29) is 0 Å². The fraction of sp³-hybridized carbons (Fsp3) is 0.0909. The van der Waals surface area contributed by atoms with Crippen molar-refractivity contribution in [2.24, 2.45) is 0 Å². The van der Waals surface area contributed by atoms with Crippen LogP contribution in [0.15, 0.2) is 29.6 Å². The molecule has 0 radical (unpaired) electrons. The van der Waals surface area contributed by atoms with Gasteiger partial charge in [-0.3, -0.25) is 0 Å². The molecule has 0 unspecified atom stereocenters. The molecule has 64 valence electrons. The predicted molar refractivity (Wildman–Crippen MR) is 60.2 cm³/mol. The van der Waals surface area contributed by atoms with Gasteiger partial charge in [0.25, 0.3) is 0 Å². The van der Waals surface area contributed by atoms with Crippen LogP contribution in [0.4, 0.5) is 0 Å². The summed E-state index contributed by atoms with van der Waals surface area (Å²) in [6.45, 7) is 1.87. The van der Waals surface area contributed by atoms with Crippen LogP contribution in [0.3, 0.4) is 0 Å². The van der Waals surface area contributed by atoms with Crippen molar-refractivity contribution >= 4 is 22.7 Å². The second-order valence-electron chi connectivity index (χ2n) is 2.52. The zero-order valence-electron chi connectivity index (χ0n) is 7.20. The molecule has 2 heteroatoms. The average molecular weight is 204 g/mol. The van der Waals surface area contributed by atoms with Crippen molar-refractivity contribution in [3.05, 3.63) is 34.5 Å². The van der Waals surface area contributed by atoms with Gasteiger partial charge < -0.3 is 0 Å². The molecule has 0 aliphatic carbocycles. The van der Waals surface area contributed by atoms with Crippen LogP contribution >= 0.6 is 22.7 Å². The molecular weight excluding hydrogens is 196 g/mol. The Morgan fingerprint density at radius 3 is 2.77 bits per heavy atom. The fourth-order valence-corrected chi connectivity index (χ4v) is 2.82. The van der Waals surface area contributed by atoms with E-state index in [2.05, 4.69) is 41.5 Å². The molecule has 0 fully saturated rings. The topological polar surface area (TPSA) is 0 Å². The van der Waals surface area contributed by atoms with Gasteiger partial charge in [0, 0.05) is 9.75 Å². The largest absolute Gasteiger partial charge is 0.143 e. The van der Waals surface area contributed by atoms with E-state index >= 15 is 0 Å². The third-order valence-electron chi connectivity index (χ3n) is 1.62. The summed E-state index contributed by atoms with van der Waals surface area (Å²) >= 11 is 3.52. The highest BCUT2D eigenvalue weighted by molar-refractivity contribution is 7.21. The molecule has 0 atom stereocenters. The maximum absolute atomic E-state index is 3.06. The van der Waals surface area contributed by atoms with E-state index in [1.807, 2.05) is 6.92 Å². The van der Waals surface area contributed by atoms with Crippen LogP contribution in [0.25, 0.3) is 9.75 Å². The van der Waals surface area contributed by atoms with Crippen LogP contribution < -0.4 is 0 Å². The third kappa shape index (κ3) is 1.82. The van der Waals surface area contributed by atoms with Gasteiger partial charge in [0.05, 0.1) is 4.88 Å². The van der Waals surface area contributed by atoms with Crippen molar-refractivity contribution in [1.82, 2.24) is 0 Å². The van der Waals surface area contributed by atoms with Gasteiger partial charge in [0.2, 0.25) is 0 Å². The molecule has 2 aromatic rings. The van der Waals surface area contributed by atoms with E-state index in [1.165, 1.54) is 9.75 Å². The fourth-order valence-electron chi connectivity index (χ4n) is 1.08. The number of thiophene rings is 2. The highest BCUT2D eigenvalue weighted by atomic mass is 32.1. The van der Waals surface area contributed by atoms with Crippen molar-refractivity contribution in [2.75, 3.05) is 0 Å². The van der Waals surface area contributed by atoms with E-state index in [4.69, 9.17) is 0 Å². The first-order chi connectivity index (χ1) is 6.40. The highest BCUT2D eigenvalue weighted by Crippen LogP contribution is 2.30. The molecule has 0 amide bonds. The van der Waals surface area contributed by atoms with Crippen LogP contribution in [0, 0.1) is 11.8 Å². The van der Waals surface area contributed by atoms with Crippen LogP contribution in [0.5, 0.6) is 0 Å². The van der Waals surface area contributed by atoms with E-state index in [9.17, 15) is 0 Å². The third-order valence-corrected chi connectivity index (χ3v) is 3.68. The lowest BCUT2D eigenvalue weighted by molar-refractivity contribution is 1.86. The number of rotatable bonds is 1. The Kier molecular flexibility index (Phi) is 2.49. The summed E-state index contributed by atoms with van der Waals surface area (Å²) in [6, 6.07) is 8.43. The Bertz CT molecular complexity index is 438. The molecule has 0 aliphatic rings. The Labute approximate surface area is 85.9 Å². The van der Waals surface area contributed by atoms with Crippen LogP contribution in [0.2, 0.25) is 0 Å². The van der Waals surface area contributed by atoms with Crippen LogP contribution in [-0.2, 0) is 0 Å². The Morgan fingerprint density at radius 2 is 2.08 bits per heavy atom. The molecule has 2 heterocycles. The van der Waals surface area contributed by atoms with E-state index in [1.54, 1.807) is 22.7 Å². The standard InChI is InChI=1S/C11H8S2/c1-2-4-9-6-7-11(13-9)10-5-3-8-12-10/h3,5-8H,1H3. The summed E-state index contributed by atoms with van der Waals surface area (Å²) in [5, 5.41) is 2.10. The Morgan fingerprint density at radius 1 is 1.15 bits per heavy atom. The SMILES string of the molecule is CC#Cc1ccc(-c2cccs2)s1. The second-order valence-corrected chi connectivity index (χ2v) is 4.55. The first-order valence-corrected chi connectivity index (χ1v) is 5.66. The van der Waals surface area contributed by atoms with Crippen molar-refractivity contribution < 1.29 is 0 Å². The van der Waals surface area contributed by atoms with Crippen LogP contribution in [-0.4, -0.2) is 0 Å². The summed E-state index contributed by atoms with van der Waals surface area (Å²) in [7, 11) is 0. The van der Waals surface area contributed by atoms with E-state index < -0.39 is 0 Å².